The predicted molar refractivity (Wildman–Crippen MR) is 79.8 cm³/mol. The van der Waals surface area contributed by atoms with Crippen LogP contribution in [0.4, 0.5) is 5.82 Å². The van der Waals surface area contributed by atoms with E-state index >= 15 is 0 Å². The number of pyridine rings is 1. The van der Waals surface area contributed by atoms with Crippen molar-refractivity contribution in [3.63, 3.8) is 0 Å². The Labute approximate surface area is 120 Å². The molecule has 2 fully saturated rings. The summed E-state index contributed by atoms with van der Waals surface area (Å²) in [5.74, 6) is 1.07. The highest BCUT2D eigenvalue weighted by Crippen LogP contribution is 2.23. The molecule has 2 unspecified atom stereocenters. The third kappa shape index (κ3) is 2.95. The van der Waals surface area contributed by atoms with Crippen LogP contribution in [-0.4, -0.2) is 55.3 Å². The van der Waals surface area contributed by atoms with Gasteiger partial charge in [-0.1, -0.05) is 0 Å². The number of ether oxygens (including phenoxy) is 1. The van der Waals surface area contributed by atoms with Crippen LogP contribution < -0.4 is 10.6 Å². The van der Waals surface area contributed by atoms with Crippen molar-refractivity contribution in [1.82, 2.24) is 9.88 Å². The lowest BCUT2D eigenvalue weighted by Gasteiger charge is -2.32. The quantitative estimate of drug-likeness (QED) is 0.893. The molecule has 2 aliphatic rings. The molecule has 0 aliphatic carbocycles. The van der Waals surface area contributed by atoms with Gasteiger partial charge < -0.3 is 15.4 Å². The zero-order chi connectivity index (χ0) is 13.9. The van der Waals surface area contributed by atoms with Crippen LogP contribution in [0.5, 0.6) is 0 Å². The number of hydrogen-bond donors (Lipinski definition) is 1. The molecule has 0 bridgehead atoms. The van der Waals surface area contributed by atoms with E-state index in [-0.39, 0.29) is 6.04 Å². The number of nitrogens with zero attached hydrogens (tertiary/aromatic N) is 3. The van der Waals surface area contributed by atoms with E-state index in [1.807, 2.05) is 19.2 Å². The number of morpholine rings is 1. The Morgan fingerprint density at radius 3 is 2.90 bits per heavy atom. The number of anilines is 1. The van der Waals surface area contributed by atoms with E-state index in [0.717, 1.165) is 50.8 Å². The smallest absolute Gasteiger partial charge is 0.128 e. The Morgan fingerprint density at radius 1 is 1.35 bits per heavy atom. The predicted octanol–water partition coefficient (Wildman–Crippen LogP) is 1.01. The molecule has 0 saturated carbocycles. The molecule has 1 aromatic heterocycles. The molecular formula is C15H24N4O. The Balaban J connectivity index is 1.65. The van der Waals surface area contributed by atoms with Crippen LogP contribution in [0.3, 0.4) is 0 Å². The minimum atomic E-state index is 0.0643. The van der Waals surface area contributed by atoms with Gasteiger partial charge >= 0.3 is 0 Å². The first kappa shape index (κ1) is 13.8. The van der Waals surface area contributed by atoms with E-state index in [2.05, 4.69) is 20.9 Å². The molecule has 0 radical (unpaired) electrons. The van der Waals surface area contributed by atoms with Gasteiger partial charge in [0.05, 0.1) is 13.2 Å². The fourth-order valence-corrected chi connectivity index (χ4v) is 3.08. The monoisotopic (exact) mass is 276 g/mol. The fourth-order valence-electron chi connectivity index (χ4n) is 3.08. The average Bonchev–Trinajstić information content (AvgIpc) is 2.98. The van der Waals surface area contributed by atoms with Crippen LogP contribution in [0.15, 0.2) is 18.3 Å². The SMILES string of the molecule is CC(N)c1ccnc(N2CCC(N3CCOCC3)C2)c1. The summed E-state index contributed by atoms with van der Waals surface area (Å²) in [7, 11) is 0. The van der Waals surface area contributed by atoms with Crippen LogP contribution in [0.1, 0.15) is 24.9 Å². The highest BCUT2D eigenvalue weighted by Gasteiger charge is 2.29. The summed E-state index contributed by atoms with van der Waals surface area (Å²) in [5.41, 5.74) is 7.11. The lowest BCUT2D eigenvalue weighted by molar-refractivity contribution is 0.0209. The van der Waals surface area contributed by atoms with Crippen LogP contribution >= 0.6 is 0 Å². The van der Waals surface area contributed by atoms with Crippen LogP contribution in [0, 0.1) is 0 Å². The molecule has 2 saturated heterocycles. The van der Waals surface area contributed by atoms with E-state index in [4.69, 9.17) is 10.5 Å². The average molecular weight is 276 g/mol. The highest BCUT2D eigenvalue weighted by molar-refractivity contribution is 5.43. The summed E-state index contributed by atoms with van der Waals surface area (Å²) in [5, 5.41) is 0. The minimum Gasteiger partial charge on any atom is -0.379 e. The first-order valence-corrected chi connectivity index (χ1v) is 7.52. The second-order valence-corrected chi connectivity index (χ2v) is 5.77. The molecule has 5 heteroatoms. The summed E-state index contributed by atoms with van der Waals surface area (Å²) in [6.07, 6.45) is 3.08. The van der Waals surface area contributed by atoms with Gasteiger partial charge in [-0.15, -0.1) is 0 Å². The molecule has 20 heavy (non-hydrogen) atoms. The van der Waals surface area contributed by atoms with Crippen molar-refractivity contribution in [2.24, 2.45) is 5.73 Å². The Bertz CT molecular complexity index is 445. The van der Waals surface area contributed by atoms with Gasteiger partial charge in [-0.3, -0.25) is 4.90 Å². The molecule has 3 rings (SSSR count). The van der Waals surface area contributed by atoms with Gasteiger partial charge in [0, 0.05) is 44.5 Å². The van der Waals surface area contributed by atoms with Crippen LogP contribution in [0.2, 0.25) is 0 Å². The Morgan fingerprint density at radius 2 is 2.15 bits per heavy atom. The fraction of sp³-hybridized carbons (Fsp3) is 0.667. The van der Waals surface area contributed by atoms with Gasteiger partial charge in [-0.05, 0) is 31.0 Å². The van der Waals surface area contributed by atoms with Gasteiger partial charge in [0.2, 0.25) is 0 Å². The summed E-state index contributed by atoms with van der Waals surface area (Å²) in [4.78, 5) is 9.45. The van der Waals surface area contributed by atoms with Gasteiger partial charge in [-0.25, -0.2) is 4.98 Å². The zero-order valence-corrected chi connectivity index (χ0v) is 12.2. The van der Waals surface area contributed by atoms with Crippen molar-refractivity contribution in [2.75, 3.05) is 44.3 Å². The molecule has 1 aromatic rings. The lowest BCUT2D eigenvalue weighted by atomic mass is 10.1. The zero-order valence-electron chi connectivity index (χ0n) is 12.2. The van der Waals surface area contributed by atoms with Crippen LogP contribution in [0.25, 0.3) is 0 Å². The summed E-state index contributed by atoms with van der Waals surface area (Å²) in [6.45, 7) is 8.02. The summed E-state index contributed by atoms with van der Waals surface area (Å²) < 4.78 is 5.43. The maximum Gasteiger partial charge on any atom is 0.128 e. The second kappa shape index (κ2) is 6.08. The number of rotatable bonds is 3. The van der Waals surface area contributed by atoms with Crippen molar-refractivity contribution in [3.8, 4) is 0 Å². The lowest BCUT2D eigenvalue weighted by Crippen LogP contribution is -2.44. The van der Waals surface area contributed by atoms with E-state index < -0.39 is 0 Å². The standard InChI is InChI=1S/C15H24N4O/c1-12(16)13-2-4-17-15(10-13)19-5-3-14(11-19)18-6-8-20-9-7-18/h2,4,10,12,14H,3,5-9,11,16H2,1H3. The van der Waals surface area contributed by atoms with Gasteiger partial charge in [0.25, 0.3) is 0 Å². The maximum atomic E-state index is 5.96. The van der Waals surface area contributed by atoms with Crippen molar-refractivity contribution in [1.29, 1.82) is 0 Å². The highest BCUT2D eigenvalue weighted by atomic mass is 16.5. The van der Waals surface area contributed by atoms with E-state index in [1.165, 1.54) is 6.42 Å². The third-order valence-corrected chi connectivity index (χ3v) is 4.34. The maximum absolute atomic E-state index is 5.96. The first-order valence-electron chi connectivity index (χ1n) is 7.52. The molecule has 110 valence electrons. The second-order valence-electron chi connectivity index (χ2n) is 5.77. The number of nitrogens with two attached hydrogens (primary N) is 1. The molecule has 2 atom stereocenters. The molecule has 2 aliphatic heterocycles. The number of hydrogen-bond acceptors (Lipinski definition) is 5. The minimum absolute atomic E-state index is 0.0643. The summed E-state index contributed by atoms with van der Waals surface area (Å²) in [6, 6.07) is 4.84. The molecule has 0 amide bonds. The first-order chi connectivity index (χ1) is 9.74. The van der Waals surface area contributed by atoms with Crippen molar-refractivity contribution < 1.29 is 4.74 Å². The Kier molecular flexibility index (Phi) is 4.19. The molecule has 0 spiro atoms. The molecule has 2 N–H and O–H groups in total. The molecular weight excluding hydrogens is 252 g/mol. The molecule has 5 nitrogen and oxygen atoms in total. The van der Waals surface area contributed by atoms with E-state index in [9.17, 15) is 0 Å². The van der Waals surface area contributed by atoms with Gasteiger partial charge in [0.15, 0.2) is 0 Å². The van der Waals surface area contributed by atoms with Crippen LogP contribution in [-0.2, 0) is 4.74 Å². The summed E-state index contributed by atoms with van der Waals surface area (Å²) >= 11 is 0. The normalized spacial score (nSPS) is 25.9. The van der Waals surface area contributed by atoms with Crippen molar-refractivity contribution in [2.45, 2.75) is 25.4 Å². The van der Waals surface area contributed by atoms with Gasteiger partial charge in [0.1, 0.15) is 5.82 Å². The largest absolute Gasteiger partial charge is 0.379 e. The Hall–Kier alpha value is -1.17. The topological polar surface area (TPSA) is 54.6 Å². The van der Waals surface area contributed by atoms with Crippen molar-refractivity contribution in [3.05, 3.63) is 23.9 Å². The number of aromatic nitrogens is 1. The van der Waals surface area contributed by atoms with Crippen molar-refractivity contribution >= 4 is 5.82 Å². The van der Waals surface area contributed by atoms with Gasteiger partial charge in [-0.2, -0.15) is 0 Å². The molecule has 0 aromatic carbocycles. The molecule has 3 heterocycles. The van der Waals surface area contributed by atoms with E-state index in [0.29, 0.717) is 6.04 Å². The van der Waals surface area contributed by atoms with E-state index in [1.54, 1.807) is 0 Å². The third-order valence-electron chi connectivity index (χ3n) is 4.34.